The fourth-order valence-electron chi connectivity index (χ4n) is 2.11. The molecule has 0 bridgehead atoms. The van der Waals surface area contributed by atoms with E-state index in [4.69, 9.17) is 9.47 Å². The molecule has 1 saturated heterocycles. The molecule has 3 heterocycles. The highest BCUT2D eigenvalue weighted by Crippen LogP contribution is 2.35. The molecule has 2 aromatic rings. The molecule has 1 aliphatic rings. The van der Waals surface area contributed by atoms with Gasteiger partial charge in [-0.25, -0.2) is 4.98 Å². The molecule has 9 nitrogen and oxygen atoms in total. The van der Waals surface area contributed by atoms with Gasteiger partial charge in [-0.1, -0.05) is 0 Å². The molecule has 0 atom stereocenters. The van der Waals surface area contributed by atoms with Crippen molar-refractivity contribution in [2.75, 3.05) is 31.2 Å². The lowest BCUT2D eigenvalue weighted by molar-refractivity contribution is -0.385. The maximum absolute atomic E-state index is 11.4. The van der Waals surface area contributed by atoms with Gasteiger partial charge in [0, 0.05) is 19.3 Å². The van der Waals surface area contributed by atoms with Gasteiger partial charge in [-0.3, -0.25) is 15.1 Å². The van der Waals surface area contributed by atoms with Crippen molar-refractivity contribution in [1.29, 1.82) is 0 Å². The summed E-state index contributed by atoms with van der Waals surface area (Å²) < 4.78 is 10.7. The van der Waals surface area contributed by atoms with Crippen LogP contribution in [0.25, 0.3) is 0 Å². The van der Waals surface area contributed by atoms with Gasteiger partial charge in [0.25, 0.3) is 0 Å². The third-order valence-corrected chi connectivity index (χ3v) is 3.11. The molecule has 114 valence electrons. The van der Waals surface area contributed by atoms with E-state index in [9.17, 15) is 10.1 Å². The standard InChI is InChI=1S/C13H13N5O4/c19-18(20)11-12(17-4-6-21-7-5-17)15-9-16-13(11)22-10-2-1-3-14-8-10/h1-3,8-9H,4-7H2. The quantitative estimate of drug-likeness (QED) is 0.617. The average molecular weight is 303 g/mol. The SMILES string of the molecule is O=[N+]([O-])c1c(Oc2cccnc2)ncnc1N1CCOCC1. The van der Waals surface area contributed by atoms with Crippen LogP contribution in [0, 0.1) is 10.1 Å². The zero-order valence-electron chi connectivity index (χ0n) is 11.6. The predicted molar refractivity (Wildman–Crippen MR) is 76.0 cm³/mol. The second-order valence-electron chi connectivity index (χ2n) is 4.50. The lowest BCUT2D eigenvalue weighted by Gasteiger charge is -2.27. The van der Waals surface area contributed by atoms with E-state index in [-0.39, 0.29) is 17.4 Å². The highest BCUT2D eigenvalue weighted by molar-refractivity contribution is 5.63. The molecule has 0 aliphatic carbocycles. The number of pyridine rings is 1. The second kappa shape index (κ2) is 6.31. The zero-order chi connectivity index (χ0) is 15.4. The molecule has 3 rings (SSSR count). The topological polar surface area (TPSA) is 104 Å². The van der Waals surface area contributed by atoms with Crippen LogP contribution in [0.5, 0.6) is 11.6 Å². The van der Waals surface area contributed by atoms with Gasteiger partial charge in [0.1, 0.15) is 12.1 Å². The summed E-state index contributed by atoms with van der Waals surface area (Å²) in [6.45, 7) is 2.06. The van der Waals surface area contributed by atoms with Gasteiger partial charge in [-0.05, 0) is 12.1 Å². The number of nitro groups is 1. The van der Waals surface area contributed by atoms with Gasteiger partial charge >= 0.3 is 11.6 Å². The Bertz CT molecular complexity index is 661. The minimum Gasteiger partial charge on any atom is -0.432 e. The van der Waals surface area contributed by atoms with Crippen LogP contribution in [0.15, 0.2) is 30.9 Å². The highest BCUT2D eigenvalue weighted by Gasteiger charge is 2.29. The Morgan fingerprint density at radius 2 is 2.14 bits per heavy atom. The van der Waals surface area contributed by atoms with Crippen LogP contribution in [0.3, 0.4) is 0 Å². The third kappa shape index (κ3) is 2.93. The van der Waals surface area contributed by atoms with Crippen molar-refractivity contribution in [2.45, 2.75) is 0 Å². The van der Waals surface area contributed by atoms with E-state index in [0.29, 0.717) is 32.1 Å². The van der Waals surface area contributed by atoms with Gasteiger partial charge < -0.3 is 14.4 Å². The van der Waals surface area contributed by atoms with Crippen molar-refractivity contribution in [3.63, 3.8) is 0 Å². The summed E-state index contributed by atoms with van der Waals surface area (Å²) in [5.74, 6) is 0.508. The van der Waals surface area contributed by atoms with E-state index in [2.05, 4.69) is 15.0 Å². The fourth-order valence-corrected chi connectivity index (χ4v) is 2.11. The number of aromatic nitrogens is 3. The van der Waals surface area contributed by atoms with Crippen LogP contribution < -0.4 is 9.64 Å². The minimum atomic E-state index is -0.531. The number of ether oxygens (including phenoxy) is 2. The molecule has 0 unspecified atom stereocenters. The number of hydrogen-bond acceptors (Lipinski definition) is 8. The Labute approximate surface area is 125 Å². The largest absolute Gasteiger partial charge is 0.432 e. The summed E-state index contributed by atoms with van der Waals surface area (Å²) in [6.07, 6.45) is 4.30. The van der Waals surface area contributed by atoms with Crippen molar-refractivity contribution in [2.24, 2.45) is 0 Å². The van der Waals surface area contributed by atoms with Crippen LogP contribution in [-0.2, 0) is 4.74 Å². The molecule has 0 N–H and O–H groups in total. The molecule has 0 spiro atoms. The van der Waals surface area contributed by atoms with Gasteiger partial charge in [0.2, 0.25) is 5.82 Å². The summed E-state index contributed by atoms with van der Waals surface area (Å²) in [7, 11) is 0. The van der Waals surface area contributed by atoms with E-state index in [1.807, 2.05) is 0 Å². The molecule has 1 aliphatic heterocycles. The first-order valence-corrected chi connectivity index (χ1v) is 6.65. The smallest absolute Gasteiger partial charge is 0.373 e. The monoisotopic (exact) mass is 303 g/mol. The molecule has 2 aromatic heterocycles. The van der Waals surface area contributed by atoms with Crippen molar-refractivity contribution in [3.8, 4) is 11.6 Å². The number of hydrogen-bond donors (Lipinski definition) is 0. The third-order valence-electron chi connectivity index (χ3n) is 3.11. The van der Waals surface area contributed by atoms with Crippen molar-refractivity contribution >= 4 is 11.5 Å². The predicted octanol–water partition coefficient (Wildman–Crippen LogP) is 1.41. The van der Waals surface area contributed by atoms with Crippen LogP contribution >= 0.6 is 0 Å². The molecule has 0 saturated carbocycles. The molecular formula is C13H13N5O4. The molecule has 9 heteroatoms. The van der Waals surface area contributed by atoms with Crippen molar-refractivity contribution in [3.05, 3.63) is 41.0 Å². The van der Waals surface area contributed by atoms with Crippen LogP contribution in [-0.4, -0.2) is 46.2 Å². The number of nitrogens with zero attached hydrogens (tertiary/aromatic N) is 5. The lowest BCUT2D eigenvalue weighted by Crippen LogP contribution is -2.37. The van der Waals surface area contributed by atoms with E-state index < -0.39 is 4.92 Å². The van der Waals surface area contributed by atoms with Gasteiger partial charge in [-0.2, -0.15) is 4.98 Å². The normalized spacial score (nSPS) is 14.6. The van der Waals surface area contributed by atoms with Gasteiger partial charge in [-0.15, -0.1) is 0 Å². The summed E-state index contributed by atoms with van der Waals surface area (Å²) >= 11 is 0. The molecule has 0 amide bonds. The van der Waals surface area contributed by atoms with Crippen LogP contribution in [0.4, 0.5) is 11.5 Å². The fraction of sp³-hybridized carbons (Fsp3) is 0.308. The summed E-state index contributed by atoms with van der Waals surface area (Å²) in [4.78, 5) is 24.5. The molecule has 0 aromatic carbocycles. The van der Waals surface area contributed by atoms with E-state index >= 15 is 0 Å². The zero-order valence-corrected chi connectivity index (χ0v) is 11.6. The van der Waals surface area contributed by atoms with Crippen molar-refractivity contribution < 1.29 is 14.4 Å². The Morgan fingerprint density at radius 3 is 2.82 bits per heavy atom. The van der Waals surface area contributed by atoms with Crippen LogP contribution in [0.1, 0.15) is 0 Å². The molecule has 1 fully saturated rings. The lowest BCUT2D eigenvalue weighted by atomic mass is 10.3. The number of morpholine rings is 1. The summed E-state index contributed by atoms with van der Waals surface area (Å²) in [5, 5.41) is 11.4. The minimum absolute atomic E-state index is 0.102. The maximum Gasteiger partial charge on any atom is 0.373 e. The Morgan fingerprint density at radius 1 is 1.32 bits per heavy atom. The first-order chi connectivity index (χ1) is 10.8. The Balaban J connectivity index is 1.97. The highest BCUT2D eigenvalue weighted by atomic mass is 16.6. The number of anilines is 1. The van der Waals surface area contributed by atoms with Crippen LogP contribution in [0.2, 0.25) is 0 Å². The summed E-state index contributed by atoms with van der Waals surface area (Å²) in [5.41, 5.74) is -0.256. The van der Waals surface area contributed by atoms with E-state index in [1.54, 1.807) is 23.2 Å². The van der Waals surface area contributed by atoms with Gasteiger partial charge in [0.05, 0.1) is 24.3 Å². The molecule has 22 heavy (non-hydrogen) atoms. The molecule has 0 radical (unpaired) electrons. The first kappa shape index (κ1) is 14.1. The Hall–Kier alpha value is -2.81. The van der Waals surface area contributed by atoms with E-state index in [1.165, 1.54) is 12.5 Å². The summed E-state index contributed by atoms with van der Waals surface area (Å²) in [6, 6.07) is 3.32. The second-order valence-corrected chi connectivity index (χ2v) is 4.50. The van der Waals surface area contributed by atoms with Gasteiger partial charge in [0.15, 0.2) is 0 Å². The van der Waals surface area contributed by atoms with Crippen molar-refractivity contribution in [1.82, 2.24) is 15.0 Å². The van der Waals surface area contributed by atoms with E-state index in [0.717, 1.165) is 0 Å². The Kier molecular flexibility index (Phi) is 4.05. The maximum atomic E-state index is 11.4. The first-order valence-electron chi connectivity index (χ1n) is 6.65. The average Bonchev–Trinajstić information content (AvgIpc) is 2.56. The number of rotatable bonds is 4. The molecular weight excluding hydrogens is 290 g/mol.